The van der Waals surface area contributed by atoms with Crippen molar-refractivity contribution in [2.75, 3.05) is 6.61 Å². The lowest BCUT2D eigenvalue weighted by Gasteiger charge is -2.31. The summed E-state index contributed by atoms with van der Waals surface area (Å²) in [6, 6.07) is 4.41. The Morgan fingerprint density at radius 2 is 1.82 bits per heavy atom. The van der Waals surface area contributed by atoms with Gasteiger partial charge in [-0.3, -0.25) is 0 Å². The molecule has 0 aliphatic carbocycles. The number of benzene rings is 1. The number of halogens is 1. The number of ether oxygens (including phenoxy) is 1. The summed E-state index contributed by atoms with van der Waals surface area (Å²) in [6.45, 7) is 9.38. The molecule has 2 unspecified atom stereocenters. The first-order valence-electron chi connectivity index (χ1n) is 6.30. The van der Waals surface area contributed by atoms with Crippen LogP contribution in [-0.2, 0) is 4.74 Å². The fraction of sp³-hybridized carbons (Fsp3) is 0.600. The van der Waals surface area contributed by atoms with Crippen molar-refractivity contribution in [3.8, 4) is 0 Å². The molecule has 0 spiro atoms. The van der Waals surface area contributed by atoms with E-state index < -0.39 is 0 Å². The van der Waals surface area contributed by atoms with Gasteiger partial charge in [-0.05, 0) is 57.2 Å². The Hall–Kier alpha value is -0.530. The predicted octanol–water partition coefficient (Wildman–Crippen LogP) is 4.46. The van der Waals surface area contributed by atoms with Crippen LogP contribution in [0.4, 0.5) is 0 Å². The van der Waals surface area contributed by atoms with Crippen molar-refractivity contribution >= 4 is 11.6 Å². The Balaban J connectivity index is 2.40. The van der Waals surface area contributed by atoms with Crippen LogP contribution in [0, 0.1) is 20.8 Å². The van der Waals surface area contributed by atoms with Gasteiger partial charge in [0, 0.05) is 6.61 Å². The Labute approximate surface area is 109 Å². The summed E-state index contributed by atoms with van der Waals surface area (Å²) in [5, 5.41) is -0.0504. The first-order valence-corrected chi connectivity index (χ1v) is 6.73. The average Bonchev–Trinajstić information content (AvgIpc) is 2.64. The summed E-state index contributed by atoms with van der Waals surface area (Å²) in [6.07, 6.45) is 2.16. The van der Waals surface area contributed by atoms with Gasteiger partial charge in [0.2, 0.25) is 0 Å². The van der Waals surface area contributed by atoms with Crippen LogP contribution in [0.15, 0.2) is 12.1 Å². The SMILES string of the molecule is Cc1cc(C)c(C(Cl)C2(C)CCCO2)c(C)c1. The van der Waals surface area contributed by atoms with Gasteiger partial charge in [0.1, 0.15) is 0 Å². The van der Waals surface area contributed by atoms with E-state index in [2.05, 4.69) is 39.8 Å². The monoisotopic (exact) mass is 252 g/mol. The van der Waals surface area contributed by atoms with Crippen LogP contribution in [0.25, 0.3) is 0 Å². The molecule has 1 aromatic carbocycles. The third kappa shape index (κ3) is 2.36. The van der Waals surface area contributed by atoms with Gasteiger partial charge in [-0.1, -0.05) is 17.7 Å². The van der Waals surface area contributed by atoms with Crippen molar-refractivity contribution in [2.45, 2.75) is 51.5 Å². The topological polar surface area (TPSA) is 9.23 Å². The molecule has 94 valence electrons. The zero-order valence-electron chi connectivity index (χ0n) is 11.1. The molecule has 17 heavy (non-hydrogen) atoms. The van der Waals surface area contributed by atoms with E-state index in [1.165, 1.54) is 22.3 Å². The number of aryl methyl sites for hydroxylation is 3. The molecule has 2 atom stereocenters. The van der Waals surface area contributed by atoms with Gasteiger partial charge in [-0.25, -0.2) is 0 Å². The number of hydrogen-bond acceptors (Lipinski definition) is 1. The first kappa shape index (κ1) is 12.9. The van der Waals surface area contributed by atoms with Gasteiger partial charge in [-0.15, -0.1) is 11.6 Å². The molecule has 0 saturated carbocycles. The van der Waals surface area contributed by atoms with Gasteiger partial charge in [0.15, 0.2) is 0 Å². The van der Waals surface area contributed by atoms with E-state index in [4.69, 9.17) is 16.3 Å². The van der Waals surface area contributed by atoms with Gasteiger partial charge < -0.3 is 4.74 Å². The molecule has 0 N–H and O–H groups in total. The van der Waals surface area contributed by atoms with Crippen LogP contribution >= 0.6 is 11.6 Å². The highest BCUT2D eigenvalue weighted by atomic mass is 35.5. The molecule has 1 saturated heterocycles. The Kier molecular flexibility index (Phi) is 3.51. The molecular formula is C15H21ClO. The van der Waals surface area contributed by atoms with Crippen molar-refractivity contribution in [2.24, 2.45) is 0 Å². The fourth-order valence-electron chi connectivity index (χ4n) is 2.90. The third-order valence-corrected chi connectivity index (χ3v) is 4.46. The van der Waals surface area contributed by atoms with Crippen LogP contribution in [-0.4, -0.2) is 12.2 Å². The van der Waals surface area contributed by atoms with E-state index in [-0.39, 0.29) is 11.0 Å². The molecule has 0 radical (unpaired) electrons. The molecule has 2 rings (SSSR count). The highest BCUT2D eigenvalue weighted by molar-refractivity contribution is 6.21. The molecule has 2 heteroatoms. The number of alkyl halides is 1. The van der Waals surface area contributed by atoms with Gasteiger partial charge in [0.25, 0.3) is 0 Å². The van der Waals surface area contributed by atoms with Crippen LogP contribution in [0.5, 0.6) is 0 Å². The molecule has 1 aromatic rings. The van der Waals surface area contributed by atoms with Crippen molar-refractivity contribution in [1.29, 1.82) is 0 Å². The van der Waals surface area contributed by atoms with Crippen LogP contribution < -0.4 is 0 Å². The maximum Gasteiger partial charge on any atom is 0.0877 e. The first-order chi connectivity index (χ1) is 7.94. The summed E-state index contributed by atoms with van der Waals surface area (Å²) >= 11 is 6.69. The van der Waals surface area contributed by atoms with Gasteiger partial charge >= 0.3 is 0 Å². The summed E-state index contributed by atoms with van der Waals surface area (Å²) < 4.78 is 5.86. The zero-order valence-corrected chi connectivity index (χ0v) is 11.9. The molecule has 1 aliphatic rings. The van der Waals surface area contributed by atoms with Crippen molar-refractivity contribution in [1.82, 2.24) is 0 Å². The normalized spacial score (nSPS) is 26.2. The predicted molar refractivity (Wildman–Crippen MR) is 72.8 cm³/mol. The minimum absolute atomic E-state index is 0.0504. The van der Waals surface area contributed by atoms with Crippen molar-refractivity contribution in [3.63, 3.8) is 0 Å². The number of rotatable bonds is 2. The van der Waals surface area contributed by atoms with Crippen LogP contribution in [0.2, 0.25) is 0 Å². The summed E-state index contributed by atoms with van der Waals surface area (Å²) in [4.78, 5) is 0. The zero-order chi connectivity index (χ0) is 12.6. The van der Waals surface area contributed by atoms with Crippen molar-refractivity contribution < 1.29 is 4.74 Å². The summed E-state index contributed by atoms with van der Waals surface area (Å²) in [5.41, 5.74) is 4.90. The van der Waals surface area contributed by atoms with E-state index in [1.807, 2.05) is 0 Å². The fourth-order valence-corrected chi connectivity index (χ4v) is 3.41. The van der Waals surface area contributed by atoms with Gasteiger partial charge in [-0.2, -0.15) is 0 Å². The van der Waals surface area contributed by atoms with Gasteiger partial charge in [0.05, 0.1) is 11.0 Å². The van der Waals surface area contributed by atoms with E-state index in [1.54, 1.807) is 0 Å². The van der Waals surface area contributed by atoms with Crippen LogP contribution in [0.3, 0.4) is 0 Å². The summed E-state index contributed by atoms with van der Waals surface area (Å²) in [5.74, 6) is 0. The van der Waals surface area contributed by atoms with E-state index in [0.717, 1.165) is 19.4 Å². The molecule has 1 aliphatic heterocycles. The molecule has 1 heterocycles. The van der Waals surface area contributed by atoms with Crippen molar-refractivity contribution in [3.05, 3.63) is 34.4 Å². The Morgan fingerprint density at radius 1 is 1.24 bits per heavy atom. The second-order valence-corrected chi connectivity index (χ2v) is 5.88. The molecule has 0 bridgehead atoms. The minimum Gasteiger partial charge on any atom is -0.373 e. The lowest BCUT2D eigenvalue weighted by Crippen LogP contribution is -2.29. The lowest BCUT2D eigenvalue weighted by molar-refractivity contribution is 0.0161. The third-order valence-electron chi connectivity index (χ3n) is 3.78. The molecule has 0 aromatic heterocycles. The maximum atomic E-state index is 6.69. The van der Waals surface area contributed by atoms with E-state index in [9.17, 15) is 0 Å². The smallest absolute Gasteiger partial charge is 0.0877 e. The van der Waals surface area contributed by atoms with E-state index in [0.29, 0.717) is 0 Å². The molecular weight excluding hydrogens is 232 g/mol. The average molecular weight is 253 g/mol. The molecule has 1 nitrogen and oxygen atoms in total. The molecule has 1 fully saturated rings. The lowest BCUT2D eigenvalue weighted by atomic mass is 9.87. The Bertz CT molecular complexity index is 396. The highest BCUT2D eigenvalue weighted by Gasteiger charge is 2.39. The van der Waals surface area contributed by atoms with Crippen LogP contribution in [0.1, 0.15) is 47.4 Å². The maximum absolute atomic E-state index is 6.69. The highest BCUT2D eigenvalue weighted by Crippen LogP contribution is 2.43. The molecule has 0 amide bonds. The second kappa shape index (κ2) is 4.62. The summed E-state index contributed by atoms with van der Waals surface area (Å²) in [7, 11) is 0. The largest absolute Gasteiger partial charge is 0.373 e. The standard InChI is InChI=1S/C15H21ClO/c1-10-8-11(2)13(12(3)9-10)14(16)15(4)6-5-7-17-15/h8-9,14H,5-7H2,1-4H3. The van der Waals surface area contributed by atoms with E-state index >= 15 is 0 Å². The Morgan fingerprint density at radius 3 is 2.29 bits per heavy atom. The quantitative estimate of drug-likeness (QED) is 0.706. The minimum atomic E-state index is -0.202. The number of hydrogen-bond donors (Lipinski definition) is 0. The second-order valence-electron chi connectivity index (χ2n) is 5.44.